The van der Waals surface area contributed by atoms with Crippen molar-refractivity contribution in [1.82, 2.24) is 10.2 Å². The van der Waals surface area contributed by atoms with E-state index in [1.165, 1.54) is 24.2 Å². The quantitative estimate of drug-likeness (QED) is 0.718. The van der Waals surface area contributed by atoms with Gasteiger partial charge in [-0.1, -0.05) is 11.3 Å². The number of nitriles is 1. The molecule has 0 aromatic heterocycles. The van der Waals surface area contributed by atoms with Gasteiger partial charge in [-0.3, -0.25) is 0 Å². The van der Waals surface area contributed by atoms with Crippen LogP contribution in [0.2, 0.25) is 0 Å². The van der Waals surface area contributed by atoms with Crippen LogP contribution in [0.15, 0.2) is 23.9 Å². The zero-order valence-electron chi connectivity index (χ0n) is 8.83. The van der Waals surface area contributed by atoms with Crippen LogP contribution in [0, 0.1) is 17.1 Å². The molecule has 0 unspecified atom stereocenters. The number of rotatable bonds is 2. The average Bonchev–Trinajstić information content (AvgIpc) is 2.90. The van der Waals surface area contributed by atoms with Crippen molar-refractivity contribution >= 4 is 5.70 Å². The van der Waals surface area contributed by atoms with Gasteiger partial charge in [0.05, 0.1) is 17.0 Å². The van der Waals surface area contributed by atoms with E-state index in [9.17, 15) is 8.87 Å². The highest BCUT2D eigenvalue weighted by Crippen LogP contribution is 2.41. The zero-order chi connectivity index (χ0) is 11.9. The van der Waals surface area contributed by atoms with Crippen molar-refractivity contribution in [2.75, 3.05) is 7.05 Å². The Morgan fingerprint density at radius 3 is 2.56 bits per heavy atom. The predicted molar refractivity (Wildman–Crippen MR) is 54.4 cm³/mol. The van der Waals surface area contributed by atoms with E-state index in [0.29, 0.717) is 16.5 Å². The van der Waals surface area contributed by atoms with Gasteiger partial charge < -0.3 is 0 Å². The Bertz CT molecular complexity index is 514. The van der Waals surface area contributed by atoms with Gasteiger partial charge in [0, 0.05) is 12.6 Å². The third-order valence-corrected chi connectivity index (χ3v) is 2.46. The molecule has 0 fully saturated rings. The van der Waals surface area contributed by atoms with E-state index in [4.69, 9.17) is 5.26 Å². The Kier molecular flexibility index (Phi) is 2.37. The Morgan fingerprint density at radius 2 is 2.12 bits per heavy atom. The second-order valence-corrected chi connectivity index (χ2v) is 3.50. The fourth-order valence-corrected chi connectivity index (χ4v) is 1.67. The molecule has 16 heavy (non-hydrogen) atoms. The molecule has 0 radical (unpaired) electrons. The van der Waals surface area contributed by atoms with Crippen molar-refractivity contribution in [2.24, 2.45) is 0 Å². The van der Waals surface area contributed by atoms with Crippen molar-refractivity contribution in [3.8, 4) is 6.07 Å². The van der Waals surface area contributed by atoms with Crippen molar-refractivity contribution < 1.29 is 8.87 Å². The van der Waals surface area contributed by atoms with Gasteiger partial charge in [-0.25, -0.2) is 9.40 Å². The summed E-state index contributed by atoms with van der Waals surface area (Å²) in [5.41, 5.74) is 1.92. The van der Waals surface area contributed by atoms with Crippen LogP contribution >= 0.6 is 0 Å². The number of hydrogen-bond acceptors (Lipinski definition) is 3. The van der Waals surface area contributed by atoms with Crippen molar-refractivity contribution in [3.05, 3.63) is 40.8 Å². The summed E-state index contributed by atoms with van der Waals surface area (Å²) in [7, 11) is 1.26. The third-order valence-electron chi connectivity index (χ3n) is 2.46. The Labute approximate surface area is 91.7 Å². The molecular formula is C11H9F2N3. The number of allylic oxidation sites excluding steroid dienone is 1. The summed E-state index contributed by atoms with van der Waals surface area (Å²) < 4.78 is 26.2. The molecule has 1 aliphatic rings. The van der Waals surface area contributed by atoms with Gasteiger partial charge in [0.25, 0.3) is 0 Å². The maximum absolute atomic E-state index is 13.3. The van der Waals surface area contributed by atoms with Crippen molar-refractivity contribution in [2.45, 2.75) is 6.92 Å². The molecular weight excluding hydrogens is 212 g/mol. The number of hydrogen-bond donors (Lipinski definition) is 0. The fourth-order valence-electron chi connectivity index (χ4n) is 1.67. The van der Waals surface area contributed by atoms with E-state index < -0.39 is 5.82 Å². The lowest BCUT2D eigenvalue weighted by atomic mass is 10.1. The van der Waals surface area contributed by atoms with Gasteiger partial charge >= 0.3 is 0 Å². The summed E-state index contributed by atoms with van der Waals surface area (Å²) in [6.07, 6.45) is 0. The van der Waals surface area contributed by atoms with Crippen molar-refractivity contribution in [3.63, 3.8) is 0 Å². The fraction of sp³-hybridized carbons (Fsp3) is 0.182. The first-order valence-electron chi connectivity index (χ1n) is 4.66. The molecule has 0 bridgehead atoms. The van der Waals surface area contributed by atoms with Gasteiger partial charge in [0.1, 0.15) is 11.9 Å². The lowest BCUT2D eigenvalue weighted by molar-refractivity contribution is -0.0642. The van der Waals surface area contributed by atoms with Crippen LogP contribution in [0.3, 0.4) is 0 Å². The molecule has 2 rings (SSSR count). The minimum absolute atomic E-state index is 0.0113. The van der Waals surface area contributed by atoms with Gasteiger partial charge in [-0.05, 0) is 19.1 Å². The highest BCUT2D eigenvalue weighted by atomic mass is 19.2. The van der Waals surface area contributed by atoms with Crippen LogP contribution in [-0.4, -0.2) is 17.3 Å². The molecule has 1 aliphatic heterocycles. The van der Waals surface area contributed by atoms with Gasteiger partial charge in [0.2, 0.25) is 0 Å². The molecule has 3 nitrogen and oxygen atoms in total. The molecule has 0 N–H and O–H groups in total. The predicted octanol–water partition coefficient (Wildman–Crippen LogP) is 2.43. The standard InChI is InChI=1S/C11H9F2N3/c1-7-11(16(7)15(2)13)8-3-4-9(6-14)10(12)5-8/h3-5H,1-2H3. The first-order valence-corrected chi connectivity index (χ1v) is 4.66. The molecule has 0 atom stereocenters. The molecule has 1 aromatic carbocycles. The van der Waals surface area contributed by atoms with Crippen LogP contribution in [0.5, 0.6) is 0 Å². The normalized spacial score (nSPS) is 14.4. The monoisotopic (exact) mass is 221 g/mol. The van der Waals surface area contributed by atoms with E-state index in [-0.39, 0.29) is 5.56 Å². The summed E-state index contributed by atoms with van der Waals surface area (Å²) in [4.78, 5) is 0. The van der Waals surface area contributed by atoms with Crippen LogP contribution in [0.1, 0.15) is 18.1 Å². The molecule has 0 aliphatic carbocycles. The summed E-state index contributed by atoms with van der Waals surface area (Å²) in [6, 6.07) is 5.96. The molecule has 0 spiro atoms. The molecule has 1 heterocycles. The molecule has 0 amide bonds. The molecule has 1 aromatic rings. The van der Waals surface area contributed by atoms with E-state index >= 15 is 0 Å². The minimum atomic E-state index is -0.589. The van der Waals surface area contributed by atoms with Crippen LogP contribution < -0.4 is 0 Å². The third kappa shape index (κ3) is 1.53. The topological polar surface area (TPSA) is 30.0 Å². The van der Waals surface area contributed by atoms with Gasteiger partial charge in [0.15, 0.2) is 0 Å². The SMILES string of the molecule is CC1=C(c2ccc(C#N)c(F)c2)N1N(C)F. The highest BCUT2D eigenvalue weighted by molar-refractivity contribution is 5.78. The Balaban J connectivity index is 2.32. The Morgan fingerprint density at radius 1 is 1.44 bits per heavy atom. The second kappa shape index (κ2) is 3.58. The molecule has 82 valence electrons. The first-order chi connectivity index (χ1) is 7.56. The van der Waals surface area contributed by atoms with Crippen LogP contribution in [0.25, 0.3) is 5.70 Å². The smallest absolute Gasteiger partial charge is 0.141 e. The first kappa shape index (κ1) is 10.6. The number of halogens is 2. The van der Waals surface area contributed by atoms with Crippen LogP contribution in [-0.2, 0) is 0 Å². The van der Waals surface area contributed by atoms with Crippen LogP contribution in [0.4, 0.5) is 8.87 Å². The lowest BCUT2D eigenvalue weighted by Crippen LogP contribution is -2.16. The average molecular weight is 221 g/mol. The highest BCUT2D eigenvalue weighted by Gasteiger charge is 2.34. The molecule has 0 saturated heterocycles. The second-order valence-electron chi connectivity index (χ2n) is 3.50. The van der Waals surface area contributed by atoms with Crippen molar-refractivity contribution in [1.29, 1.82) is 5.26 Å². The van der Waals surface area contributed by atoms with Gasteiger partial charge in [-0.15, -0.1) is 4.48 Å². The largest absolute Gasteiger partial charge is 0.247 e. The number of benzene rings is 1. The summed E-state index contributed by atoms with van der Waals surface area (Å²) in [6.45, 7) is 1.74. The van der Waals surface area contributed by atoms with E-state index in [1.54, 1.807) is 19.1 Å². The van der Waals surface area contributed by atoms with E-state index in [1.807, 2.05) is 0 Å². The molecule has 0 saturated carbocycles. The Hall–Kier alpha value is -1.93. The lowest BCUT2D eigenvalue weighted by Gasteiger charge is -2.10. The zero-order valence-corrected chi connectivity index (χ0v) is 8.83. The minimum Gasteiger partial charge on any atom is -0.247 e. The molecule has 5 heteroatoms. The summed E-state index contributed by atoms with van der Waals surface area (Å²) in [5, 5.41) is 10.3. The maximum atomic E-state index is 13.3. The van der Waals surface area contributed by atoms with E-state index in [2.05, 4.69) is 0 Å². The van der Waals surface area contributed by atoms with Gasteiger partial charge in [-0.2, -0.15) is 5.26 Å². The summed E-state index contributed by atoms with van der Waals surface area (Å²) >= 11 is 0. The number of hydrazine groups is 1. The van der Waals surface area contributed by atoms with E-state index in [0.717, 1.165) is 5.70 Å². The maximum Gasteiger partial charge on any atom is 0.141 e. The summed E-state index contributed by atoms with van der Waals surface area (Å²) in [5.74, 6) is -0.589. The number of nitrogens with zero attached hydrogens (tertiary/aromatic N) is 3.